The maximum Gasteiger partial charge on any atom is 0.265 e. The number of nitrogens with zero attached hydrogens (tertiary/aromatic N) is 1. The molecule has 7 heteroatoms. The Balaban J connectivity index is 1.66. The van der Waals surface area contributed by atoms with Crippen LogP contribution in [-0.2, 0) is 27.6 Å². The Kier molecular flexibility index (Phi) is 4.71. The highest BCUT2D eigenvalue weighted by Crippen LogP contribution is 2.43. The highest BCUT2D eigenvalue weighted by molar-refractivity contribution is 7.96. The van der Waals surface area contributed by atoms with E-state index in [0.29, 0.717) is 24.4 Å². The lowest BCUT2D eigenvalue weighted by Gasteiger charge is -2.30. The zero-order chi connectivity index (χ0) is 19.9. The highest BCUT2D eigenvalue weighted by Gasteiger charge is 2.41. The Morgan fingerprint density at radius 2 is 1.86 bits per heavy atom. The van der Waals surface area contributed by atoms with Gasteiger partial charge in [-0.1, -0.05) is 31.2 Å². The van der Waals surface area contributed by atoms with Crippen molar-refractivity contribution in [3.05, 3.63) is 70.0 Å². The monoisotopic (exact) mass is 400 g/mol. The molecule has 146 valence electrons. The minimum absolute atomic E-state index is 0.143. The fourth-order valence-electron chi connectivity index (χ4n) is 3.78. The third kappa shape index (κ3) is 3.09. The molecule has 1 N–H and O–H groups in total. The SMILES string of the molecule is CCc1ccc(CNC(=O)C2=C3CCCN3c3ccc(F)cc3S2(=O)=O)cc1. The summed E-state index contributed by atoms with van der Waals surface area (Å²) < 4.78 is 40.0. The van der Waals surface area contributed by atoms with Crippen molar-refractivity contribution in [1.29, 1.82) is 0 Å². The van der Waals surface area contributed by atoms with E-state index in [2.05, 4.69) is 12.2 Å². The average molecular weight is 400 g/mol. The molecule has 1 saturated heterocycles. The van der Waals surface area contributed by atoms with Crippen LogP contribution < -0.4 is 10.2 Å². The lowest BCUT2D eigenvalue weighted by atomic mass is 10.1. The van der Waals surface area contributed by atoms with Gasteiger partial charge in [0.15, 0.2) is 4.91 Å². The minimum atomic E-state index is -4.09. The van der Waals surface area contributed by atoms with Crippen molar-refractivity contribution in [3.63, 3.8) is 0 Å². The Bertz CT molecular complexity index is 1080. The number of sulfone groups is 1. The molecular formula is C21H21FN2O3S. The van der Waals surface area contributed by atoms with Gasteiger partial charge in [0.05, 0.1) is 10.6 Å². The van der Waals surface area contributed by atoms with Crippen LogP contribution in [-0.4, -0.2) is 20.9 Å². The molecule has 0 radical (unpaired) electrons. The molecule has 2 aromatic carbocycles. The summed E-state index contributed by atoms with van der Waals surface area (Å²) in [4.78, 5) is 14.3. The van der Waals surface area contributed by atoms with E-state index < -0.39 is 21.6 Å². The Morgan fingerprint density at radius 3 is 2.57 bits per heavy atom. The van der Waals surface area contributed by atoms with Gasteiger partial charge in [0.25, 0.3) is 5.91 Å². The third-order valence-corrected chi connectivity index (χ3v) is 7.11. The molecule has 28 heavy (non-hydrogen) atoms. The van der Waals surface area contributed by atoms with E-state index in [4.69, 9.17) is 0 Å². The summed E-state index contributed by atoms with van der Waals surface area (Å²) in [5.74, 6) is -1.28. The molecule has 4 rings (SSSR count). The van der Waals surface area contributed by atoms with Crippen molar-refractivity contribution in [2.45, 2.75) is 37.6 Å². The average Bonchev–Trinajstić information content (AvgIpc) is 3.15. The quantitative estimate of drug-likeness (QED) is 0.855. The molecule has 0 bridgehead atoms. The first-order chi connectivity index (χ1) is 13.4. The maximum atomic E-state index is 13.7. The first kappa shape index (κ1) is 18.7. The van der Waals surface area contributed by atoms with E-state index in [-0.39, 0.29) is 16.3 Å². The van der Waals surface area contributed by atoms with Gasteiger partial charge in [-0.25, -0.2) is 12.8 Å². The normalized spacial score (nSPS) is 17.3. The smallest absolute Gasteiger partial charge is 0.265 e. The lowest BCUT2D eigenvalue weighted by molar-refractivity contribution is -0.117. The summed E-state index contributed by atoms with van der Waals surface area (Å²) in [5, 5.41) is 2.72. The van der Waals surface area contributed by atoms with E-state index >= 15 is 0 Å². The van der Waals surface area contributed by atoms with Crippen molar-refractivity contribution >= 4 is 21.4 Å². The second-order valence-electron chi connectivity index (χ2n) is 7.00. The van der Waals surface area contributed by atoms with Crippen LogP contribution in [0, 0.1) is 5.82 Å². The van der Waals surface area contributed by atoms with Gasteiger partial charge in [-0.05, 0) is 48.6 Å². The van der Waals surface area contributed by atoms with E-state index in [1.807, 2.05) is 29.2 Å². The van der Waals surface area contributed by atoms with Crippen LogP contribution >= 0.6 is 0 Å². The summed E-state index contributed by atoms with van der Waals surface area (Å²) >= 11 is 0. The van der Waals surface area contributed by atoms with Crippen LogP contribution in [0.1, 0.15) is 30.9 Å². The van der Waals surface area contributed by atoms with Gasteiger partial charge < -0.3 is 10.2 Å². The molecule has 5 nitrogen and oxygen atoms in total. The molecule has 0 unspecified atom stereocenters. The van der Waals surface area contributed by atoms with Crippen molar-refractivity contribution in [2.75, 3.05) is 11.4 Å². The zero-order valence-electron chi connectivity index (χ0n) is 15.5. The molecule has 2 aliphatic heterocycles. The predicted octanol–water partition coefficient (Wildman–Crippen LogP) is 3.30. The molecule has 2 aliphatic rings. The Hall–Kier alpha value is -2.67. The molecule has 0 aromatic heterocycles. The minimum Gasteiger partial charge on any atom is -0.347 e. The van der Waals surface area contributed by atoms with Crippen molar-refractivity contribution in [1.82, 2.24) is 5.32 Å². The summed E-state index contributed by atoms with van der Waals surface area (Å²) in [6.07, 6.45) is 2.17. The number of allylic oxidation sites excluding steroid dienone is 1. The summed E-state index contributed by atoms with van der Waals surface area (Å²) in [5.41, 5.74) is 3.02. The first-order valence-corrected chi connectivity index (χ1v) is 10.8. The van der Waals surface area contributed by atoms with Crippen LogP contribution in [0.15, 0.2) is 58.0 Å². The number of amides is 1. The predicted molar refractivity (Wildman–Crippen MR) is 105 cm³/mol. The van der Waals surface area contributed by atoms with Gasteiger partial charge in [-0.3, -0.25) is 4.79 Å². The van der Waals surface area contributed by atoms with Gasteiger partial charge in [0, 0.05) is 18.8 Å². The fourth-order valence-corrected chi connectivity index (χ4v) is 5.56. The first-order valence-electron chi connectivity index (χ1n) is 9.33. The van der Waals surface area contributed by atoms with Crippen LogP contribution in [0.3, 0.4) is 0 Å². The largest absolute Gasteiger partial charge is 0.347 e. The number of hydrogen-bond acceptors (Lipinski definition) is 4. The van der Waals surface area contributed by atoms with Crippen molar-refractivity contribution < 1.29 is 17.6 Å². The molecule has 0 atom stereocenters. The third-order valence-electron chi connectivity index (χ3n) is 5.24. The number of rotatable bonds is 4. The van der Waals surface area contributed by atoms with Gasteiger partial charge >= 0.3 is 0 Å². The molecule has 0 spiro atoms. The number of carbonyl (C=O) groups is 1. The number of carbonyl (C=O) groups excluding carboxylic acids is 1. The van der Waals surface area contributed by atoms with Crippen LogP contribution in [0.2, 0.25) is 0 Å². The number of benzene rings is 2. The number of halogens is 1. The summed E-state index contributed by atoms with van der Waals surface area (Å²) in [7, 11) is -4.09. The number of aryl methyl sites for hydroxylation is 1. The molecule has 2 aromatic rings. The molecule has 1 amide bonds. The molecule has 2 heterocycles. The van der Waals surface area contributed by atoms with Gasteiger partial charge in [-0.2, -0.15) is 0 Å². The summed E-state index contributed by atoms with van der Waals surface area (Å²) in [6.45, 7) is 2.90. The standard InChI is InChI=1S/C21H21FN2O3S/c1-2-14-5-7-15(8-6-14)13-23-21(25)20-18-4-3-11-24(18)17-10-9-16(22)12-19(17)28(20,26)27/h5-10,12H,2-4,11,13H2,1H3,(H,23,25). The molecule has 0 saturated carbocycles. The number of fused-ring (bicyclic) bond motifs is 3. The Morgan fingerprint density at radius 1 is 1.14 bits per heavy atom. The highest BCUT2D eigenvalue weighted by atomic mass is 32.2. The van der Waals surface area contributed by atoms with Crippen LogP contribution in [0.4, 0.5) is 10.1 Å². The van der Waals surface area contributed by atoms with E-state index in [1.165, 1.54) is 17.7 Å². The topological polar surface area (TPSA) is 66.5 Å². The van der Waals surface area contributed by atoms with Gasteiger partial charge in [0.2, 0.25) is 9.84 Å². The van der Waals surface area contributed by atoms with Gasteiger partial charge in [-0.15, -0.1) is 0 Å². The van der Waals surface area contributed by atoms with Gasteiger partial charge in [0.1, 0.15) is 5.82 Å². The van der Waals surface area contributed by atoms with Crippen molar-refractivity contribution in [3.8, 4) is 0 Å². The number of anilines is 1. The van der Waals surface area contributed by atoms with E-state index in [9.17, 15) is 17.6 Å². The maximum absolute atomic E-state index is 13.7. The van der Waals surface area contributed by atoms with E-state index in [1.54, 1.807) is 0 Å². The van der Waals surface area contributed by atoms with Crippen LogP contribution in [0.25, 0.3) is 0 Å². The molecule has 1 fully saturated rings. The number of nitrogens with one attached hydrogen (secondary N) is 1. The molecule has 0 aliphatic carbocycles. The molecular weight excluding hydrogens is 379 g/mol. The van der Waals surface area contributed by atoms with E-state index in [0.717, 1.165) is 24.5 Å². The summed E-state index contributed by atoms with van der Waals surface area (Å²) in [6, 6.07) is 11.5. The lowest BCUT2D eigenvalue weighted by Crippen LogP contribution is -2.35. The fraction of sp³-hybridized carbons (Fsp3) is 0.286. The second-order valence-corrected chi connectivity index (χ2v) is 8.85. The second kappa shape index (κ2) is 7.05. The van der Waals surface area contributed by atoms with Crippen molar-refractivity contribution in [2.24, 2.45) is 0 Å². The zero-order valence-corrected chi connectivity index (χ0v) is 16.4. The Labute approximate surface area is 163 Å². The number of hydrogen-bond donors (Lipinski definition) is 1. The van der Waals surface area contributed by atoms with Crippen LogP contribution in [0.5, 0.6) is 0 Å².